The molecule has 8 heteroatoms. The fourth-order valence-electron chi connectivity index (χ4n) is 5.98. The molecular weight excluding hydrogens is 556 g/mol. The van der Waals surface area contributed by atoms with Crippen molar-refractivity contribution in [1.82, 2.24) is 10.2 Å². The van der Waals surface area contributed by atoms with Crippen LogP contribution in [0.5, 0.6) is 0 Å². The van der Waals surface area contributed by atoms with Crippen LogP contribution in [0.15, 0.2) is 60.7 Å². The first-order valence-corrected chi connectivity index (χ1v) is 16.4. The Morgan fingerprint density at radius 2 is 1.59 bits per heavy atom. The number of carbonyl (C=O) groups is 2. The van der Waals surface area contributed by atoms with Crippen LogP contribution < -0.4 is 5.32 Å². The number of benzene rings is 2. The molecule has 0 bridgehead atoms. The number of rotatable bonds is 12. The fraction of sp³-hybridized carbons (Fsp3) is 0.611. The first kappa shape index (κ1) is 37.4. The largest absolute Gasteiger partial charge is 0.420 e. The number of hydrogen-bond acceptors (Lipinski definition) is 7. The number of hydrogen-bond donors (Lipinski definition) is 2. The molecule has 0 spiro atoms. The van der Waals surface area contributed by atoms with Gasteiger partial charge in [0.25, 0.3) is 0 Å². The number of fused-ring (bicyclic) bond motifs is 1. The van der Waals surface area contributed by atoms with E-state index in [1.165, 1.54) is 58.0 Å². The number of ether oxygens (including phenoxy) is 3. The van der Waals surface area contributed by atoms with Gasteiger partial charge in [0.15, 0.2) is 11.9 Å². The fourth-order valence-corrected chi connectivity index (χ4v) is 5.98. The van der Waals surface area contributed by atoms with Crippen molar-refractivity contribution in [2.45, 2.75) is 109 Å². The quantitative estimate of drug-likeness (QED) is 0.154. The number of piperidine rings is 1. The van der Waals surface area contributed by atoms with Crippen LogP contribution in [-0.2, 0) is 24.6 Å². The number of alkyl carbamates (subject to hydrolysis) is 1. The molecule has 2 N–H and O–H groups in total. The van der Waals surface area contributed by atoms with E-state index in [-0.39, 0.29) is 0 Å². The standard InChI is InChI=1S/C23H29NO4.C12H23NO.CH4O/c1-3-4-5-12-17-24-22(26)27-19(2)28-23(18-25,20-13-8-6-9-14-20)21-15-10-7-11-16-21;1-14-12-7-9-13-8-5-3-2-4-6-11(13)10-12;1-2/h6-11,13-16,18-19H,3-5,12,17H2,1-2H3,(H,24,26);11-12H,2-10H2,1H3;2H,1H3. The van der Waals surface area contributed by atoms with Gasteiger partial charge in [0.05, 0.1) is 6.10 Å². The molecule has 1 amide bonds. The number of aliphatic hydroxyl groups excluding tert-OH is 1. The van der Waals surface area contributed by atoms with Gasteiger partial charge in [0.1, 0.15) is 0 Å². The first-order chi connectivity index (χ1) is 21.5. The maximum atomic E-state index is 12.2. The predicted molar refractivity (Wildman–Crippen MR) is 176 cm³/mol. The van der Waals surface area contributed by atoms with Gasteiger partial charge in [-0.15, -0.1) is 0 Å². The summed E-state index contributed by atoms with van der Waals surface area (Å²) in [5.74, 6) is 0. The highest BCUT2D eigenvalue weighted by Crippen LogP contribution is 2.33. The third kappa shape index (κ3) is 12.3. The second-order valence-corrected chi connectivity index (χ2v) is 11.4. The number of nitrogens with one attached hydrogen (secondary N) is 1. The van der Waals surface area contributed by atoms with Gasteiger partial charge in [-0.1, -0.05) is 106 Å². The second-order valence-electron chi connectivity index (χ2n) is 11.4. The van der Waals surface area contributed by atoms with Crippen molar-refractivity contribution in [1.29, 1.82) is 0 Å². The Hall–Kier alpha value is -2.78. The van der Waals surface area contributed by atoms with Gasteiger partial charge in [-0.2, -0.15) is 0 Å². The zero-order chi connectivity index (χ0) is 32.0. The molecule has 3 atom stereocenters. The van der Waals surface area contributed by atoms with Gasteiger partial charge in [0.2, 0.25) is 6.29 Å². The number of nitrogens with zero attached hydrogens (tertiary/aromatic N) is 1. The highest BCUT2D eigenvalue weighted by Gasteiger charge is 2.38. The topological polar surface area (TPSA) is 97.3 Å². The number of aliphatic hydroxyl groups is 1. The molecule has 44 heavy (non-hydrogen) atoms. The van der Waals surface area contributed by atoms with Gasteiger partial charge in [-0.25, -0.2) is 4.79 Å². The van der Waals surface area contributed by atoms with E-state index in [4.69, 9.17) is 19.3 Å². The predicted octanol–water partition coefficient (Wildman–Crippen LogP) is 6.84. The first-order valence-electron chi connectivity index (χ1n) is 16.4. The number of aldehydes is 1. The molecule has 4 rings (SSSR count). The summed E-state index contributed by atoms with van der Waals surface area (Å²) >= 11 is 0. The lowest BCUT2D eigenvalue weighted by molar-refractivity contribution is -0.169. The third-order valence-corrected chi connectivity index (χ3v) is 8.35. The summed E-state index contributed by atoms with van der Waals surface area (Å²) in [6.07, 6.45) is 13.7. The van der Waals surface area contributed by atoms with Crippen molar-refractivity contribution in [2.24, 2.45) is 0 Å². The van der Waals surface area contributed by atoms with Crippen molar-refractivity contribution < 1.29 is 28.9 Å². The summed E-state index contributed by atoms with van der Waals surface area (Å²) in [7, 11) is 2.86. The summed E-state index contributed by atoms with van der Waals surface area (Å²) in [5.41, 5.74) is -0.0122. The third-order valence-electron chi connectivity index (χ3n) is 8.35. The lowest BCUT2D eigenvalue weighted by Crippen LogP contribution is -2.45. The molecule has 2 heterocycles. The summed E-state index contributed by atoms with van der Waals surface area (Å²) in [6.45, 7) is 6.91. The zero-order valence-corrected chi connectivity index (χ0v) is 27.4. The SMILES string of the molecule is CCCCCCNC(=O)OC(C)OC(C=O)(c1ccccc1)c1ccccc1.CO.COC1CCN2CCCCCCC2C1. The van der Waals surface area contributed by atoms with Crippen molar-refractivity contribution in [3.63, 3.8) is 0 Å². The van der Waals surface area contributed by atoms with Crippen LogP contribution in [0.4, 0.5) is 4.79 Å². The van der Waals surface area contributed by atoms with E-state index >= 15 is 0 Å². The summed E-state index contributed by atoms with van der Waals surface area (Å²) in [6, 6.07) is 19.2. The second kappa shape index (κ2) is 21.8. The van der Waals surface area contributed by atoms with Gasteiger partial charge < -0.3 is 29.5 Å². The minimum Gasteiger partial charge on any atom is -0.420 e. The number of unbranched alkanes of at least 4 members (excludes halogenated alkanes) is 3. The minimum atomic E-state index is -1.36. The molecule has 2 saturated heterocycles. The van der Waals surface area contributed by atoms with E-state index in [1.807, 2.05) is 67.8 Å². The lowest BCUT2D eigenvalue weighted by Gasteiger charge is -2.40. The van der Waals surface area contributed by atoms with Crippen LogP contribution in [0.1, 0.15) is 95.6 Å². The van der Waals surface area contributed by atoms with Crippen LogP contribution in [-0.4, -0.2) is 74.7 Å². The molecule has 2 aliphatic rings. The van der Waals surface area contributed by atoms with Crippen molar-refractivity contribution in [3.8, 4) is 0 Å². The van der Waals surface area contributed by atoms with Crippen molar-refractivity contribution >= 4 is 12.4 Å². The zero-order valence-electron chi connectivity index (χ0n) is 27.4. The van der Waals surface area contributed by atoms with Crippen LogP contribution in [0.2, 0.25) is 0 Å². The molecule has 8 nitrogen and oxygen atoms in total. The van der Waals surface area contributed by atoms with Crippen LogP contribution >= 0.6 is 0 Å². The average molecular weight is 613 g/mol. The number of amides is 1. The summed E-state index contributed by atoms with van der Waals surface area (Å²) < 4.78 is 16.8. The molecule has 0 aromatic heterocycles. The maximum Gasteiger partial charge on any atom is 0.409 e. The Balaban J connectivity index is 0.000000350. The Kier molecular flexibility index (Phi) is 18.6. The molecule has 2 fully saturated rings. The van der Waals surface area contributed by atoms with Crippen LogP contribution in [0, 0.1) is 0 Å². The molecule has 0 radical (unpaired) electrons. The van der Waals surface area contributed by atoms with Crippen molar-refractivity contribution in [2.75, 3.05) is 33.9 Å². The molecule has 3 unspecified atom stereocenters. The Bertz CT molecular complexity index is 982. The maximum absolute atomic E-state index is 12.2. The molecule has 0 saturated carbocycles. The van der Waals surface area contributed by atoms with E-state index in [1.54, 1.807) is 6.92 Å². The Labute approximate surface area is 265 Å². The van der Waals surface area contributed by atoms with Gasteiger partial charge in [-0.3, -0.25) is 4.79 Å². The van der Waals surface area contributed by atoms with Crippen LogP contribution in [0.3, 0.4) is 0 Å². The molecule has 0 aliphatic carbocycles. The van der Waals surface area contributed by atoms with E-state index in [0.29, 0.717) is 23.8 Å². The highest BCUT2D eigenvalue weighted by molar-refractivity contribution is 5.73. The monoisotopic (exact) mass is 612 g/mol. The summed E-state index contributed by atoms with van der Waals surface area (Å²) in [5, 5.41) is 9.73. The van der Waals surface area contributed by atoms with Gasteiger partial charge in [-0.05, 0) is 56.7 Å². The minimum absolute atomic E-state index is 0.538. The summed E-state index contributed by atoms with van der Waals surface area (Å²) in [4.78, 5) is 27.0. The molecule has 246 valence electrons. The van der Waals surface area contributed by atoms with E-state index < -0.39 is 18.0 Å². The van der Waals surface area contributed by atoms with Crippen molar-refractivity contribution in [3.05, 3.63) is 71.8 Å². The highest BCUT2D eigenvalue weighted by atomic mass is 16.7. The van der Waals surface area contributed by atoms with Crippen LogP contribution in [0.25, 0.3) is 0 Å². The molecule has 2 aliphatic heterocycles. The molecule has 2 aromatic carbocycles. The smallest absolute Gasteiger partial charge is 0.409 e. The molecular formula is C36H56N2O6. The average Bonchev–Trinajstić information content (AvgIpc) is 3.06. The normalized spacial score (nSPS) is 19.3. The van der Waals surface area contributed by atoms with E-state index in [2.05, 4.69) is 17.1 Å². The van der Waals surface area contributed by atoms with Gasteiger partial charge >= 0.3 is 6.09 Å². The molecule has 2 aromatic rings. The number of carbonyl (C=O) groups excluding carboxylic acids is 2. The Morgan fingerprint density at radius 1 is 0.955 bits per heavy atom. The van der Waals surface area contributed by atoms with E-state index in [9.17, 15) is 9.59 Å². The number of methoxy groups -OCH3 is 1. The van der Waals surface area contributed by atoms with E-state index in [0.717, 1.165) is 45.1 Å². The van der Waals surface area contributed by atoms with Gasteiger partial charge in [0, 0.05) is 33.4 Å². The Morgan fingerprint density at radius 3 is 2.18 bits per heavy atom. The lowest BCUT2D eigenvalue weighted by atomic mass is 9.87.